The Morgan fingerprint density at radius 3 is 1.36 bits per heavy atom. The summed E-state index contributed by atoms with van der Waals surface area (Å²) in [6.07, 6.45) is 0. The van der Waals surface area contributed by atoms with Gasteiger partial charge in [-0.15, -0.1) is 0 Å². The molecule has 10 aromatic rings. The van der Waals surface area contributed by atoms with Crippen LogP contribution in [-0.2, 0) is 0 Å². The first-order chi connectivity index (χ1) is 41.0. The molecular formula is C52H35N3O. The molecular weight excluding hydrogens is 683 g/mol. The predicted octanol–water partition coefficient (Wildman–Crippen LogP) is 13.7. The SMILES string of the molecule is [2H]c1c([2H])c([2H])c(-c2c([2H])c([2H])c(-c3nc(-c4c([2H])c([2H])c(-c5c([2H])c([2H])c([2H])c(C)c5[2H])c([2H])c4[2H])nc(-c4c([2H])c([2H])c([2H])c(-c5c([2H])c([2H])c([2H])c6c5oc5c(-c7c([2H])c([2H])c([2H])c([2H])c7[2H])c([2H])c([2H])c([2H])c56)c4[2H])n3)c([2H])c2[2H])c([2H])c1[2H]. The van der Waals surface area contributed by atoms with Crippen molar-refractivity contribution in [3.05, 3.63) is 199 Å². The number of furan rings is 1. The highest BCUT2D eigenvalue weighted by Gasteiger charge is 2.18. The van der Waals surface area contributed by atoms with E-state index in [9.17, 15) is 15.1 Å². The molecule has 0 N–H and O–H groups in total. The number of para-hydroxylation sites is 2. The van der Waals surface area contributed by atoms with Crippen LogP contribution in [0.1, 0.15) is 49.4 Å². The van der Waals surface area contributed by atoms with Crippen LogP contribution in [0.2, 0.25) is 0 Å². The van der Waals surface area contributed by atoms with E-state index in [-0.39, 0.29) is 5.56 Å². The third kappa shape index (κ3) is 6.23. The molecule has 0 aliphatic carbocycles. The molecule has 0 atom stereocenters. The average molecular weight is 750 g/mol. The van der Waals surface area contributed by atoms with Gasteiger partial charge in [-0.05, 0) is 46.3 Å². The molecule has 0 saturated carbocycles. The van der Waals surface area contributed by atoms with Gasteiger partial charge in [0.05, 0.1) is 43.9 Å². The molecule has 0 saturated heterocycles. The highest BCUT2D eigenvalue weighted by molar-refractivity contribution is 6.13. The molecule has 0 radical (unpaired) electrons. The molecule has 8 aromatic carbocycles. The summed E-state index contributed by atoms with van der Waals surface area (Å²) < 4.78 is 290. The van der Waals surface area contributed by atoms with E-state index < -0.39 is 294 Å². The van der Waals surface area contributed by atoms with Crippen molar-refractivity contribution < 1.29 is 48.3 Å². The first-order valence-electron chi connectivity index (χ1n) is 32.2. The van der Waals surface area contributed by atoms with Gasteiger partial charge < -0.3 is 4.42 Å². The van der Waals surface area contributed by atoms with Gasteiger partial charge in [0.15, 0.2) is 17.5 Å². The summed E-state index contributed by atoms with van der Waals surface area (Å²) >= 11 is 0. The van der Waals surface area contributed by atoms with Gasteiger partial charge in [-0.2, -0.15) is 0 Å². The topological polar surface area (TPSA) is 51.8 Å². The van der Waals surface area contributed by atoms with Gasteiger partial charge in [0.25, 0.3) is 0 Å². The number of aromatic nitrogens is 3. The third-order valence-electron chi connectivity index (χ3n) is 8.04. The Balaban J connectivity index is 1.34. The summed E-state index contributed by atoms with van der Waals surface area (Å²) in [4.78, 5) is 13.0. The lowest BCUT2D eigenvalue weighted by atomic mass is 9.99. The largest absolute Gasteiger partial charge is 0.455 e. The number of hydrogen-bond donors (Lipinski definition) is 0. The normalized spacial score (nSPS) is 19.3. The fourth-order valence-electron chi connectivity index (χ4n) is 5.50. The highest BCUT2D eigenvalue weighted by atomic mass is 16.3. The van der Waals surface area contributed by atoms with Crippen molar-refractivity contribution in [3.8, 4) is 78.7 Å². The summed E-state index contributed by atoms with van der Waals surface area (Å²) in [6.45, 7) is 1.26. The maximum Gasteiger partial charge on any atom is 0.164 e. The standard InChI is InChI=1S/C52H35N3O/c1-34-12-8-17-41(32-34)37-26-30-40(31-27-37)51-53-50(39-28-24-36(25-29-39)35-13-4-2-5-14-35)54-52(55-51)43-19-9-18-42(33-43)45-21-11-23-47-46-22-10-20-44(48(46)56-49(45)47)38-15-6-3-7-16-38/h2-33H,1H3/i2D,3D,4D,5D,6D,7D,8D,9D,10D,11D,12D,13D,14D,15D,16D,17D,18D,19D,20D,21D,22D,23D,24D,25D,26D,27D,28D,29D,30D,31D,32D,33D. The average Bonchev–Trinajstić information content (AvgIpc) is 1.52. The van der Waals surface area contributed by atoms with Gasteiger partial charge >= 0.3 is 0 Å². The van der Waals surface area contributed by atoms with E-state index in [0.29, 0.717) is 0 Å². The van der Waals surface area contributed by atoms with Crippen LogP contribution >= 0.6 is 0 Å². The minimum atomic E-state index is -1.13. The minimum Gasteiger partial charge on any atom is -0.455 e. The van der Waals surface area contributed by atoms with Crippen LogP contribution in [-0.4, -0.2) is 15.0 Å². The van der Waals surface area contributed by atoms with Crippen molar-refractivity contribution in [2.24, 2.45) is 0 Å². The fourth-order valence-corrected chi connectivity index (χ4v) is 5.50. The molecule has 0 bridgehead atoms. The van der Waals surface area contributed by atoms with Crippen LogP contribution in [0.15, 0.2) is 198 Å². The van der Waals surface area contributed by atoms with Gasteiger partial charge in [-0.25, -0.2) is 15.0 Å². The lowest BCUT2D eigenvalue weighted by Gasteiger charge is -2.11. The molecule has 0 amide bonds. The Labute approximate surface area is 370 Å². The Hall–Kier alpha value is -7.43. The Morgan fingerprint density at radius 2 is 0.750 bits per heavy atom. The Bertz CT molecular complexity index is 4600. The number of fused-ring (bicyclic) bond motifs is 3. The minimum absolute atomic E-state index is 0.165. The molecule has 4 heteroatoms. The maximum absolute atomic E-state index is 9.85. The lowest BCUT2D eigenvalue weighted by molar-refractivity contribution is 0.671. The van der Waals surface area contributed by atoms with Crippen LogP contribution in [0.4, 0.5) is 0 Å². The van der Waals surface area contributed by atoms with Crippen LogP contribution in [0, 0.1) is 6.92 Å². The molecule has 264 valence electrons. The van der Waals surface area contributed by atoms with Gasteiger partial charge in [-0.3, -0.25) is 0 Å². The zero-order chi connectivity index (χ0) is 65.3. The number of rotatable bonds is 7. The van der Waals surface area contributed by atoms with Crippen molar-refractivity contribution in [2.75, 3.05) is 0 Å². The van der Waals surface area contributed by atoms with Crippen molar-refractivity contribution in [1.29, 1.82) is 0 Å². The molecule has 0 unspecified atom stereocenters. The molecule has 0 fully saturated rings. The zero-order valence-corrected chi connectivity index (χ0v) is 28.2. The summed E-state index contributed by atoms with van der Waals surface area (Å²) in [5, 5.41) is -1.18. The Kier molecular flexibility index (Phi) is 3.45. The molecule has 0 spiro atoms. The molecule has 0 aliphatic rings. The van der Waals surface area contributed by atoms with E-state index >= 15 is 0 Å². The van der Waals surface area contributed by atoms with E-state index in [1.165, 1.54) is 6.92 Å². The fraction of sp³-hybridized carbons (Fsp3) is 0.0192. The summed E-state index contributed by atoms with van der Waals surface area (Å²) in [7, 11) is 0. The number of nitrogens with zero attached hydrogens (tertiary/aromatic N) is 3. The molecule has 2 aromatic heterocycles. The zero-order valence-electron chi connectivity index (χ0n) is 60.2. The second-order valence-corrected chi connectivity index (χ2v) is 11.6. The van der Waals surface area contributed by atoms with Crippen molar-refractivity contribution in [1.82, 2.24) is 15.0 Å². The van der Waals surface area contributed by atoms with Gasteiger partial charge in [0, 0.05) is 38.6 Å². The van der Waals surface area contributed by atoms with Crippen molar-refractivity contribution in [2.45, 2.75) is 6.92 Å². The number of hydrogen-bond acceptors (Lipinski definition) is 4. The second kappa shape index (κ2) is 14.1. The van der Waals surface area contributed by atoms with Crippen molar-refractivity contribution >= 4 is 21.9 Å². The molecule has 10 rings (SSSR count). The van der Waals surface area contributed by atoms with E-state index in [0.717, 1.165) is 0 Å². The van der Waals surface area contributed by atoms with Crippen LogP contribution in [0.3, 0.4) is 0 Å². The predicted molar refractivity (Wildman–Crippen MR) is 230 cm³/mol. The number of benzene rings is 8. The van der Waals surface area contributed by atoms with Gasteiger partial charge in [0.1, 0.15) is 11.2 Å². The third-order valence-corrected chi connectivity index (χ3v) is 8.04. The van der Waals surface area contributed by atoms with E-state index in [1.807, 2.05) is 0 Å². The maximum atomic E-state index is 9.85. The summed E-state index contributed by atoms with van der Waals surface area (Å²) in [5.74, 6) is -3.01. The molecule has 4 nitrogen and oxygen atoms in total. The smallest absolute Gasteiger partial charge is 0.164 e. The monoisotopic (exact) mass is 749 g/mol. The Morgan fingerprint density at radius 1 is 0.339 bits per heavy atom. The second-order valence-electron chi connectivity index (χ2n) is 11.6. The molecule has 56 heavy (non-hydrogen) atoms. The molecule has 2 heterocycles. The summed E-state index contributed by atoms with van der Waals surface area (Å²) in [5.41, 5.74) is -10.4. The van der Waals surface area contributed by atoms with E-state index in [2.05, 4.69) is 15.0 Å². The van der Waals surface area contributed by atoms with E-state index in [1.54, 1.807) is 0 Å². The first-order valence-corrected chi connectivity index (χ1v) is 16.2. The van der Waals surface area contributed by atoms with Crippen LogP contribution in [0.5, 0.6) is 0 Å². The molecule has 0 aliphatic heterocycles. The lowest BCUT2D eigenvalue weighted by Crippen LogP contribution is -2.00. The van der Waals surface area contributed by atoms with E-state index in [4.69, 9.17) is 33.2 Å². The van der Waals surface area contributed by atoms with Crippen molar-refractivity contribution in [3.63, 3.8) is 0 Å². The van der Waals surface area contributed by atoms with Crippen LogP contribution < -0.4 is 0 Å². The summed E-state index contributed by atoms with van der Waals surface area (Å²) in [6, 6.07) is -30.1. The first kappa shape index (κ1) is 13.7. The van der Waals surface area contributed by atoms with Gasteiger partial charge in [-0.1, -0.05) is 193 Å². The highest BCUT2D eigenvalue weighted by Crippen LogP contribution is 2.40. The quantitative estimate of drug-likeness (QED) is 0.163. The van der Waals surface area contributed by atoms with Gasteiger partial charge in [0.2, 0.25) is 0 Å². The van der Waals surface area contributed by atoms with Crippen LogP contribution in [0.25, 0.3) is 101 Å².